The molecular weight excluding hydrogens is 377 g/mol. The number of rotatable bonds is 4. The van der Waals surface area contributed by atoms with Crippen LogP contribution in [0.15, 0.2) is 23.6 Å². The number of carbonyl (C=O) groups is 2. The van der Waals surface area contributed by atoms with Crippen molar-refractivity contribution >= 4 is 34.8 Å². The van der Waals surface area contributed by atoms with Gasteiger partial charge < -0.3 is 10.2 Å². The number of nitrogens with zero attached hydrogens (tertiary/aromatic N) is 2. The molecule has 1 aliphatic rings. The van der Waals surface area contributed by atoms with Gasteiger partial charge in [0.1, 0.15) is 5.82 Å². The fourth-order valence-electron chi connectivity index (χ4n) is 3.00. The molecule has 0 bridgehead atoms. The predicted molar refractivity (Wildman–Crippen MR) is 98.9 cm³/mol. The molecule has 1 aromatic carbocycles. The fourth-order valence-corrected chi connectivity index (χ4v) is 4.15. The molecule has 0 spiro atoms. The number of likely N-dealkylation sites (tertiary alicyclic amines) is 1. The van der Waals surface area contributed by atoms with E-state index in [1.165, 1.54) is 36.5 Å². The number of nitrogens with one attached hydrogen (secondary N) is 1. The van der Waals surface area contributed by atoms with Crippen molar-refractivity contribution in [1.29, 1.82) is 0 Å². The lowest BCUT2D eigenvalue weighted by Crippen LogP contribution is -2.39. The Balaban J connectivity index is 1.70. The normalized spacial score (nSPS) is 17.2. The molecule has 0 saturated carbocycles. The molecule has 2 aromatic rings. The standard InChI is InChI=1S/C18H19ClFN3O2S/c1-11(24)21-8-14-10-26-17(22-14)12-3-2-6-23(9-12)18(25)15-7-13(20)4-5-16(15)19/h4-5,7,10,12H,2-3,6,8-9H2,1H3,(H,21,24)/t12-/m0/s1. The summed E-state index contributed by atoms with van der Waals surface area (Å²) in [6.07, 6.45) is 1.79. The Kier molecular flexibility index (Phi) is 5.88. The molecule has 1 fully saturated rings. The molecule has 0 radical (unpaired) electrons. The number of piperidine rings is 1. The molecule has 3 rings (SSSR count). The van der Waals surface area contributed by atoms with Crippen LogP contribution in [0, 0.1) is 5.82 Å². The highest BCUT2D eigenvalue weighted by Gasteiger charge is 2.28. The lowest BCUT2D eigenvalue weighted by Gasteiger charge is -2.32. The average molecular weight is 396 g/mol. The monoisotopic (exact) mass is 395 g/mol. The maximum Gasteiger partial charge on any atom is 0.255 e. The maximum absolute atomic E-state index is 13.5. The Labute approximate surface area is 160 Å². The first kappa shape index (κ1) is 18.8. The molecule has 2 heterocycles. The average Bonchev–Trinajstić information content (AvgIpc) is 3.10. The number of aromatic nitrogens is 1. The van der Waals surface area contributed by atoms with E-state index in [0.717, 1.165) is 23.5 Å². The van der Waals surface area contributed by atoms with Gasteiger partial charge in [-0.2, -0.15) is 0 Å². The Hall–Kier alpha value is -1.99. The van der Waals surface area contributed by atoms with Gasteiger partial charge in [-0.1, -0.05) is 11.6 Å². The van der Waals surface area contributed by atoms with Crippen molar-refractivity contribution in [2.45, 2.75) is 32.2 Å². The van der Waals surface area contributed by atoms with Crippen LogP contribution in [-0.4, -0.2) is 34.8 Å². The Morgan fingerprint density at radius 1 is 1.46 bits per heavy atom. The van der Waals surface area contributed by atoms with Crippen LogP contribution < -0.4 is 5.32 Å². The van der Waals surface area contributed by atoms with Crippen molar-refractivity contribution in [3.05, 3.63) is 50.7 Å². The molecule has 2 amide bonds. The minimum Gasteiger partial charge on any atom is -0.351 e. The first-order valence-electron chi connectivity index (χ1n) is 8.37. The molecule has 26 heavy (non-hydrogen) atoms. The van der Waals surface area contributed by atoms with Crippen LogP contribution in [0.5, 0.6) is 0 Å². The predicted octanol–water partition coefficient (Wildman–Crippen LogP) is 3.59. The minimum absolute atomic E-state index is 0.0963. The third-order valence-electron chi connectivity index (χ3n) is 4.30. The van der Waals surface area contributed by atoms with Crippen molar-refractivity contribution in [2.24, 2.45) is 0 Å². The van der Waals surface area contributed by atoms with Crippen LogP contribution in [-0.2, 0) is 11.3 Å². The van der Waals surface area contributed by atoms with Gasteiger partial charge in [0.15, 0.2) is 0 Å². The summed E-state index contributed by atoms with van der Waals surface area (Å²) < 4.78 is 13.5. The van der Waals surface area contributed by atoms with E-state index < -0.39 is 5.82 Å². The number of amides is 2. The van der Waals surface area contributed by atoms with E-state index >= 15 is 0 Å². The summed E-state index contributed by atoms with van der Waals surface area (Å²) in [5.74, 6) is -0.694. The lowest BCUT2D eigenvalue weighted by atomic mass is 9.98. The molecule has 138 valence electrons. The summed E-state index contributed by atoms with van der Waals surface area (Å²) in [5.41, 5.74) is 1.01. The molecule has 1 N–H and O–H groups in total. The molecule has 1 atom stereocenters. The van der Waals surface area contributed by atoms with Gasteiger partial charge in [-0.15, -0.1) is 11.3 Å². The summed E-state index contributed by atoms with van der Waals surface area (Å²) in [4.78, 5) is 30.1. The van der Waals surface area contributed by atoms with E-state index in [-0.39, 0.29) is 28.3 Å². The van der Waals surface area contributed by atoms with Crippen LogP contribution in [0.3, 0.4) is 0 Å². The number of halogens is 2. The number of carbonyl (C=O) groups excluding carboxylic acids is 2. The number of hydrogen-bond acceptors (Lipinski definition) is 4. The van der Waals surface area contributed by atoms with Crippen LogP contribution in [0.25, 0.3) is 0 Å². The van der Waals surface area contributed by atoms with Gasteiger partial charge in [0.05, 0.1) is 27.8 Å². The molecule has 0 unspecified atom stereocenters. The Bertz CT molecular complexity index is 827. The molecule has 5 nitrogen and oxygen atoms in total. The first-order chi connectivity index (χ1) is 12.4. The van der Waals surface area contributed by atoms with Crippen molar-refractivity contribution in [2.75, 3.05) is 13.1 Å². The fraction of sp³-hybridized carbons (Fsp3) is 0.389. The van der Waals surface area contributed by atoms with E-state index in [2.05, 4.69) is 10.3 Å². The SMILES string of the molecule is CC(=O)NCc1csc([C@H]2CCCN(C(=O)c3cc(F)ccc3Cl)C2)n1. The van der Waals surface area contributed by atoms with Gasteiger partial charge in [-0.25, -0.2) is 9.37 Å². The molecule has 1 aromatic heterocycles. The number of hydrogen-bond donors (Lipinski definition) is 1. The lowest BCUT2D eigenvalue weighted by molar-refractivity contribution is -0.119. The minimum atomic E-state index is -0.478. The van der Waals surface area contributed by atoms with E-state index in [4.69, 9.17) is 11.6 Å². The van der Waals surface area contributed by atoms with Gasteiger partial charge in [0.25, 0.3) is 5.91 Å². The van der Waals surface area contributed by atoms with E-state index in [1.807, 2.05) is 5.38 Å². The Morgan fingerprint density at radius 3 is 3.04 bits per heavy atom. The van der Waals surface area contributed by atoms with Gasteiger partial charge in [0.2, 0.25) is 5.91 Å². The van der Waals surface area contributed by atoms with Crippen molar-refractivity contribution < 1.29 is 14.0 Å². The van der Waals surface area contributed by atoms with E-state index in [0.29, 0.717) is 19.6 Å². The third kappa shape index (κ3) is 4.40. The number of thiazole rings is 1. The highest BCUT2D eigenvalue weighted by Crippen LogP contribution is 2.31. The van der Waals surface area contributed by atoms with E-state index in [9.17, 15) is 14.0 Å². The summed E-state index contributed by atoms with van der Waals surface area (Å²) in [5, 5.41) is 5.86. The molecule has 0 aliphatic carbocycles. The summed E-state index contributed by atoms with van der Waals surface area (Å²) >= 11 is 7.60. The highest BCUT2D eigenvalue weighted by molar-refractivity contribution is 7.09. The zero-order valence-electron chi connectivity index (χ0n) is 14.3. The van der Waals surface area contributed by atoms with Crippen LogP contribution >= 0.6 is 22.9 Å². The van der Waals surface area contributed by atoms with Crippen molar-refractivity contribution in [3.8, 4) is 0 Å². The molecule has 8 heteroatoms. The second-order valence-electron chi connectivity index (χ2n) is 6.30. The summed E-state index contributed by atoms with van der Waals surface area (Å²) in [7, 11) is 0. The largest absolute Gasteiger partial charge is 0.351 e. The smallest absolute Gasteiger partial charge is 0.255 e. The van der Waals surface area contributed by atoms with Gasteiger partial charge in [-0.05, 0) is 31.0 Å². The van der Waals surface area contributed by atoms with Crippen LogP contribution in [0.4, 0.5) is 4.39 Å². The highest BCUT2D eigenvalue weighted by atomic mass is 35.5. The summed E-state index contributed by atoms with van der Waals surface area (Å²) in [6.45, 7) is 3.01. The van der Waals surface area contributed by atoms with E-state index in [1.54, 1.807) is 4.90 Å². The molecule has 1 saturated heterocycles. The summed E-state index contributed by atoms with van der Waals surface area (Å²) in [6, 6.07) is 3.83. The topological polar surface area (TPSA) is 62.3 Å². The van der Waals surface area contributed by atoms with Crippen molar-refractivity contribution in [1.82, 2.24) is 15.2 Å². The second kappa shape index (κ2) is 8.14. The molecule has 1 aliphatic heterocycles. The zero-order valence-corrected chi connectivity index (χ0v) is 15.9. The van der Waals surface area contributed by atoms with Gasteiger partial charge in [-0.3, -0.25) is 9.59 Å². The van der Waals surface area contributed by atoms with Gasteiger partial charge >= 0.3 is 0 Å². The third-order valence-corrected chi connectivity index (χ3v) is 5.69. The molecular formula is C18H19ClFN3O2S. The van der Waals surface area contributed by atoms with Crippen molar-refractivity contribution in [3.63, 3.8) is 0 Å². The zero-order chi connectivity index (χ0) is 18.7. The second-order valence-corrected chi connectivity index (χ2v) is 7.60. The van der Waals surface area contributed by atoms with Gasteiger partial charge in [0, 0.05) is 31.3 Å². The van der Waals surface area contributed by atoms with Crippen LogP contribution in [0.2, 0.25) is 5.02 Å². The maximum atomic E-state index is 13.5. The Morgan fingerprint density at radius 2 is 2.27 bits per heavy atom. The number of benzene rings is 1. The van der Waals surface area contributed by atoms with Crippen LogP contribution in [0.1, 0.15) is 46.7 Å². The first-order valence-corrected chi connectivity index (χ1v) is 9.63. The quantitative estimate of drug-likeness (QED) is 0.860.